The second-order valence-corrected chi connectivity index (χ2v) is 6.92. The highest BCUT2D eigenvalue weighted by molar-refractivity contribution is 6.59. The van der Waals surface area contributed by atoms with Crippen LogP contribution in [0.3, 0.4) is 0 Å². The normalized spacial score (nSPS) is 25.4. The van der Waals surface area contributed by atoms with E-state index in [2.05, 4.69) is 20.8 Å². The minimum Gasteiger partial charge on any atom is -0.423 e. The van der Waals surface area contributed by atoms with Crippen LogP contribution in [0.2, 0.25) is 0 Å². The molecule has 1 aromatic carbocycles. The molecule has 2 rings (SSSR count). The second kappa shape index (κ2) is 6.29. The van der Waals surface area contributed by atoms with E-state index in [1.54, 1.807) is 6.07 Å². The summed E-state index contributed by atoms with van der Waals surface area (Å²) >= 11 is 0. The molecule has 0 radical (unpaired) electrons. The van der Waals surface area contributed by atoms with Gasteiger partial charge in [-0.1, -0.05) is 45.0 Å². The van der Waals surface area contributed by atoms with Crippen LogP contribution in [0.25, 0.3) is 0 Å². The molecule has 0 saturated heterocycles. The van der Waals surface area contributed by atoms with Crippen molar-refractivity contribution in [1.82, 2.24) is 0 Å². The Balaban J connectivity index is 1.98. The predicted octanol–water partition coefficient (Wildman–Crippen LogP) is 2.10. The van der Waals surface area contributed by atoms with Gasteiger partial charge in [-0.05, 0) is 41.6 Å². The van der Waals surface area contributed by atoms with E-state index in [9.17, 15) is 10.0 Å². The first kappa shape index (κ1) is 15.6. The van der Waals surface area contributed by atoms with Crippen LogP contribution in [0.5, 0.6) is 0 Å². The van der Waals surface area contributed by atoms with Crippen molar-refractivity contribution in [2.24, 2.45) is 11.3 Å². The maximum Gasteiger partial charge on any atom is 0.488 e. The number of ether oxygens (including phenoxy) is 1. The molecule has 20 heavy (non-hydrogen) atoms. The average molecular weight is 276 g/mol. The summed E-state index contributed by atoms with van der Waals surface area (Å²) in [7, 11) is -1.43. The van der Waals surface area contributed by atoms with Crippen molar-refractivity contribution >= 4 is 12.6 Å². The van der Waals surface area contributed by atoms with Gasteiger partial charge >= 0.3 is 7.12 Å². The van der Waals surface area contributed by atoms with Crippen molar-refractivity contribution in [1.29, 1.82) is 0 Å². The summed E-state index contributed by atoms with van der Waals surface area (Å²) in [5.41, 5.74) is 1.73. The molecule has 0 bridgehead atoms. The first-order valence-electron chi connectivity index (χ1n) is 7.43. The Labute approximate surface area is 122 Å². The van der Waals surface area contributed by atoms with Crippen molar-refractivity contribution in [3.63, 3.8) is 0 Å². The molecule has 0 spiro atoms. The standard InChI is InChI=1S/C16H25BO3/c1-12-8-14(10-16(2,3)9-12)20-11-13-6-4-5-7-15(13)17(18)19/h4-7,12,14,18-19H,8-11H2,1-3H3. The highest BCUT2D eigenvalue weighted by atomic mass is 16.5. The predicted molar refractivity (Wildman–Crippen MR) is 81.6 cm³/mol. The molecule has 3 nitrogen and oxygen atoms in total. The fourth-order valence-corrected chi connectivity index (χ4v) is 3.51. The van der Waals surface area contributed by atoms with Gasteiger partial charge in [-0.15, -0.1) is 0 Å². The highest BCUT2D eigenvalue weighted by Gasteiger charge is 2.32. The van der Waals surface area contributed by atoms with Crippen molar-refractivity contribution in [2.45, 2.75) is 52.7 Å². The summed E-state index contributed by atoms with van der Waals surface area (Å²) in [6.07, 6.45) is 3.67. The van der Waals surface area contributed by atoms with E-state index in [4.69, 9.17) is 4.74 Å². The summed E-state index contributed by atoms with van der Waals surface area (Å²) < 4.78 is 6.04. The Kier molecular flexibility index (Phi) is 4.89. The third-order valence-corrected chi connectivity index (χ3v) is 4.15. The summed E-state index contributed by atoms with van der Waals surface area (Å²) in [6.45, 7) is 7.32. The van der Waals surface area contributed by atoms with Gasteiger partial charge in [-0.25, -0.2) is 0 Å². The van der Waals surface area contributed by atoms with Crippen LogP contribution in [0.1, 0.15) is 45.6 Å². The fraction of sp³-hybridized carbons (Fsp3) is 0.625. The molecule has 4 heteroatoms. The molecule has 0 amide bonds. The van der Waals surface area contributed by atoms with Gasteiger partial charge in [0.05, 0.1) is 12.7 Å². The van der Waals surface area contributed by atoms with Crippen molar-refractivity contribution < 1.29 is 14.8 Å². The smallest absolute Gasteiger partial charge is 0.423 e. The monoisotopic (exact) mass is 276 g/mol. The minimum atomic E-state index is -1.43. The zero-order valence-electron chi connectivity index (χ0n) is 12.7. The maximum atomic E-state index is 9.37. The van der Waals surface area contributed by atoms with Gasteiger partial charge in [-0.2, -0.15) is 0 Å². The Morgan fingerprint density at radius 3 is 2.60 bits per heavy atom. The Morgan fingerprint density at radius 2 is 1.95 bits per heavy atom. The summed E-state index contributed by atoms with van der Waals surface area (Å²) in [5, 5.41) is 18.7. The molecule has 1 fully saturated rings. The van der Waals surface area contributed by atoms with Crippen LogP contribution in [0.15, 0.2) is 24.3 Å². The molecule has 0 aliphatic heterocycles. The van der Waals surface area contributed by atoms with Crippen molar-refractivity contribution in [3.05, 3.63) is 29.8 Å². The highest BCUT2D eigenvalue weighted by Crippen LogP contribution is 2.39. The number of hydrogen-bond acceptors (Lipinski definition) is 3. The SMILES string of the molecule is CC1CC(OCc2ccccc2B(O)O)CC(C)(C)C1. The van der Waals surface area contributed by atoms with E-state index >= 15 is 0 Å². The van der Waals surface area contributed by atoms with Gasteiger partial charge in [0.1, 0.15) is 0 Å². The molecule has 2 N–H and O–H groups in total. The van der Waals surface area contributed by atoms with Crippen LogP contribution < -0.4 is 5.46 Å². The quantitative estimate of drug-likeness (QED) is 0.828. The minimum absolute atomic E-state index is 0.262. The van der Waals surface area contributed by atoms with Gasteiger partial charge < -0.3 is 14.8 Å². The van der Waals surface area contributed by atoms with Crippen LogP contribution in [0, 0.1) is 11.3 Å². The summed E-state index contributed by atoms with van der Waals surface area (Å²) in [6, 6.07) is 7.34. The average Bonchev–Trinajstić information content (AvgIpc) is 2.34. The Morgan fingerprint density at radius 1 is 1.25 bits per heavy atom. The Bertz CT molecular complexity index is 445. The topological polar surface area (TPSA) is 49.7 Å². The van der Waals surface area contributed by atoms with Gasteiger partial charge in [-0.3, -0.25) is 0 Å². The fourth-order valence-electron chi connectivity index (χ4n) is 3.51. The molecule has 0 aromatic heterocycles. The van der Waals surface area contributed by atoms with E-state index in [0.717, 1.165) is 18.4 Å². The first-order valence-corrected chi connectivity index (χ1v) is 7.43. The van der Waals surface area contributed by atoms with Crippen molar-refractivity contribution in [3.8, 4) is 0 Å². The molecular weight excluding hydrogens is 251 g/mol. The van der Waals surface area contributed by atoms with E-state index in [1.165, 1.54) is 6.42 Å². The Hall–Kier alpha value is -0.835. The molecule has 1 aliphatic carbocycles. The molecule has 110 valence electrons. The van der Waals surface area contributed by atoms with Crippen LogP contribution >= 0.6 is 0 Å². The summed E-state index contributed by atoms with van der Waals surface area (Å²) in [4.78, 5) is 0. The first-order chi connectivity index (χ1) is 9.37. The van der Waals surface area contributed by atoms with E-state index in [-0.39, 0.29) is 6.10 Å². The molecule has 2 unspecified atom stereocenters. The number of benzene rings is 1. The lowest BCUT2D eigenvalue weighted by Gasteiger charge is -2.38. The zero-order valence-corrected chi connectivity index (χ0v) is 12.7. The largest absolute Gasteiger partial charge is 0.488 e. The lowest BCUT2D eigenvalue weighted by molar-refractivity contribution is -0.0314. The van der Waals surface area contributed by atoms with E-state index < -0.39 is 7.12 Å². The van der Waals surface area contributed by atoms with Gasteiger partial charge in [0.25, 0.3) is 0 Å². The zero-order chi connectivity index (χ0) is 14.8. The lowest BCUT2D eigenvalue weighted by Crippen LogP contribution is -2.35. The van der Waals surface area contributed by atoms with Crippen LogP contribution in [-0.2, 0) is 11.3 Å². The van der Waals surface area contributed by atoms with E-state index in [0.29, 0.717) is 23.4 Å². The number of rotatable bonds is 4. The molecule has 2 atom stereocenters. The third kappa shape index (κ3) is 4.08. The van der Waals surface area contributed by atoms with Crippen LogP contribution in [0.4, 0.5) is 0 Å². The third-order valence-electron chi connectivity index (χ3n) is 4.15. The van der Waals surface area contributed by atoms with E-state index in [1.807, 2.05) is 18.2 Å². The molecule has 0 heterocycles. The van der Waals surface area contributed by atoms with Crippen LogP contribution in [-0.4, -0.2) is 23.3 Å². The van der Waals surface area contributed by atoms with Crippen molar-refractivity contribution in [2.75, 3.05) is 0 Å². The van der Waals surface area contributed by atoms with Gasteiger partial charge in [0.2, 0.25) is 0 Å². The molecular formula is C16H25BO3. The molecule has 1 aliphatic rings. The summed E-state index contributed by atoms with van der Waals surface area (Å²) in [5.74, 6) is 0.683. The molecule has 1 saturated carbocycles. The van der Waals surface area contributed by atoms with Gasteiger partial charge in [0.15, 0.2) is 0 Å². The molecule has 1 aromatic rings. The second-order valence-electron chi connectivity index (χ2n) is 6.92. The number of hydrogen-bond donors (Lipinski definition) is 2. The lowest BCUT2D eigenvalue weighted by atomic mass is 9.71. The maximum absolute atomic E-state index is 9.37. The van der Waals surface area contributed by atoms with Gasteiger partial charge in [0, 0.05) is 0 Å².